The highest BCUT2D eigenvalue weighted by molar-refractivity contribution is 5.82. The molecule has 0 fully saturated rings. The van der Waals surface area contributed by atoms with Crippen LogP contribution < -0.4 is 0 Å². The van der Waals surface area contributed by atoms with E-state index >= 15 is 0 Å². The summed E-state index contributed by atoms with van der Waals surface area (Å²) in [6, 6.07) is 57.3. The Hall–Kier alpha value is -5.60. The molecule has 0 spiro atoms. The first kappa shape index (κ1) is 25.4. The van der Waals surface area contributed by atoms with Crippen molar-refractivity contribution in [2.45, 2.75) is 0 Å². The Bertz CT molecular complexity index is 1690. The highest BCUT2D eigenvalue weighted by Gasteiger charge is 2.12. The van der Waals surface area contributed by atoms with Crippen molar-refractivity contribution < 1.29 is 0 Å². The molecule has 42 heavy (non-hydrogen) atoms. The van der Waals surface area contributed by atoms with Gasteiger partial charge in [-0.25, -0.2) is 9.97 Å². The molecule has 0 bridgehead atoms. The Balaban J connectivity index is 1.37. The molecule has 0 saturated carbocycles. The topological polar surface area (TPSA) is 25.8 Å². The smallest absolute Gasteiger partial charge is 0.159 e. The quantitative estimate of drug-likeness (QED) is 0.211. The number of benzene rings is 6. The summed E-state index contributed by atoms with van der Waals surface area (Å²) in [6.45, 7) is 0. The molecule has 0 amide bonds. The molecule has 6 aromatic carbocycles. The maximum absolute atomic E-state index is 5.14. The van der Waals surface area contributed by atoms with Gasteiger partial charge in [-0.15, -0.1) is 0 Å². The van der Waals surface area contributed by atoms with Crippen LogP contribution in [0.15, 0.2) is 170 Å². The Kier molecular flexibility index (Phi) is 6.94. The third-order valence-corrected chi connectivity index (χ3v) is 7.50. The van der Waals surface area contributed by atoms with Gasteiger partial charge < -0.3 is 0 Å². The summed E-state index contributed by atoms with van der Waals surface area (Å²) < 4.78 is 0. The van der Waals surface area contributed by atoms with Crippen molar-refractivity contribution in [2.75, 3.05) is 0 Å². The molecule has 1 aromatic heterocycles. The van der Waals surface area contributed by atoms with Crippen LogP contribution in [0.2, 0.25) is 0 Å². The molecule has 0 saturated heterocycles. The van der Waals surface area contributed by atoms with Crippen molar-refractivity contribution in [1.82, 2.24) is 9.97 Å². The van der Waals surface area contributed by atoms with Crippen LogP contribution >= 0.6 is 0 Å². The lowest BCUT2D eigenvalue weighted by atomic mass is 9.94. The number of rotatable bonds is 6. The predicted octanol–water partition coefficient (Wildman–Crippen LogP) is 10.5. The second kappa shape index (κ2) is 11.5. The van der Waals surface area contributed by atoms with Gasteiger partial charge in [0.1, 0.15) is 0 Å². The Labute approximate surface area is 246 Å². The van der Waals surface area contributed by atoms with Crippen molar-refractivity contribution in [3.05, 3.63) is 170 Å². The fourth-order valence-corrected chi connectivity index (χ4v) is 5.38. The highest BCUT2D eigenvalue weighted by atomic mass is 14.9. The van der Waals surface area contributed by atoms with Gasteiger partial charge in [-0.1, -0.05) is 121 Å². The molecule has 7 aromatic rings. The minimum absolute atomic E-state index is 0.703. The van der Waals surface area contributed by atoms with Crippen LogP contribution in [0.4, 0.5) is 0 Å². The van der Waals surface area contributed by atoms with E-state index in [4.69, 9.17) is 9.97 Å². The molecular weight excluding hydrogens is 508 g/mol. The molecule has 198 valence electrons. The SMILES string of the molecule is c1ccc(-c2cc(-c3ccccc3)cc(-c3ccnc(-c4cc(-c5ccccc5)cc(-c5ccccc5)c4)n3)c2)cc1. The van der Waals surface area contributed by atoms with Crippen molar-refractivity contribution >= 4 is 0 Å². The van der Waals surface area contributed by atoms with Crippen LogP contribution in [0.5, 0.6) is 0 Å². The molecule has 0 unspecified atom stereocenters. The standard InChI is InChI=1S/C40H28N2/c1-5-13-29(14-6-1)33-23-34(30-15-7-2-8-16-30)26-37(25-33)39-21-22-41-40(42-39)38-27-35(31-17-9-3-10-18-31)24-36(28-38)32-19-11-4-12-20-32/h1-28H. The summed E-state index contributed by atoms with van der Waals surface area (Å²) in [5, 5.41) is 0. The molecule has 0 N–H and O–H groups in total. The van der Waals surface area contributed by atoms with Crippen LogP contribution in [0.3, 0.4) is 0 Å². The van der Waals surface area contributed by atoms with Crippen molar-refractivity contribution in [3.8, 4) is 67.2 Å². The van der Waals surface area contributed by atoms with E-state index in [2.05, 4.69) is 146 Å². The maximum Gasteiger partial charge on any atom is 0.159 e. The Morgan fingerprint density at radius 2 is 0.619 bits per heavy atom. The van der Waals surface area contributed by atoms with E-state index in [1.807, 2.05) is 24.4 Å². The first-order valence-electron chi connectivity index (χ1n) is 14.2. The number of hydrogen-bond acceptors (Lipinski definition) is 2. The molecular formula is C40H28N2. The maximum atomic E-state index is 5.14. The van der Waals surface area contributed by atoms with Gasteiger partial charge in [0.05, 0.1) is 5.69 Å². The number of hydrogen-bond donors (Lipinski definition) is 0. The average molecular weight is 537 g/mol. The second-order valence-corrected chi connectivity index (χ2v) is 10.3. The van der Waals surface area contributed by atoms with Crippen molar-refractivity contribution in [3.63, 3.8) is 0 Å². The largest absolute Gasteiger partial charge is 0.237 e. The fourth-order valence-electron chi connectivity index (χ4n) is 5.38. The fraction of sp³-hybridized carbons (Fsp3) is 0. The minimum atomic E-state index is 0.703. The molecule has 2 nitrogen and oxygen atoms in total. The normalized spacial score (nSPS) is 10.9. The van der Waals surface area contributed by atoms with Crippen LogP contribution in [0.25, 0.3) is 67.2 Å². The van der Waals surface area contributed by atoms with Gasteiger partial charge in [0, 0.05) is 17.3 Å². The van der Waals surface area contributed by atoms with Gasteiger partial charge in [0.15, 0.2) is 5.82 Å². The summed E-state index contributed by atoms with van der Waals surface area (Å²) in [5.74, 6) is 0.703. The van der Waals surface area contributed by atoms with Gasteiger partial charge in [-0.2, -0.15) is 0 Å². The summed E-state index contributed by atoms with van der Waals surface area (Å²) in [4.78, 5) is 9.90. The molecule has 2 heteroatoms. The van der Waals surface area contributed by atoms with E-state index in [0.717, 1.165) is 50.2 Å². The van der Waals surface area contributed by atoms with Crippen molar-refractivity contribution in [2.24, 2.45) is 0 Å². The Morgan fingerprint density at radius 3 is 1.00 bits per heavy atom. The number of nitrogens with zero attached hydrogens (tertiary/aromatic N) is 2. The van der Waals surface area contributed by atoms with E-state index in [1.54, 1.807) is 0 Å². The first-order valence-corrected chi connectivity index (χ1v) is 14.2. The monoisotopic (exact) mass is 536 g/mol. The lowest BCUT2D eigenvalue weighted by Crippen LogP contribution is -1.94. The van der Waals surface area contributed by atoms with Gasteiger partial charge in [0.25, 0.3) is 0 Å². The first-order chi connectivity index (χ1) is 20.8. The molecule has 0 aliphatic carbocycles. The summed E-state index contributed by atoms with van der Waals surface area (Å²) in [6.07, 6.45) is 1.87. The van der Waals surface area contributed by atoms with Crippen LogP contribution in [0.1, 0.15) is 0 Å². The van der Waals surface area contributed by atoms with E-state index < -0.39 is 0 Å². The molecule has 7 rings (SSSR count). The highest BCUT2D eigenvalue weighted by Crippen LogP contribution is 2.35. The number of aromatic nitrogens is 2. The zero-order chi connectivity index (χ0) is 28.1. The lowest BCUT2D eigenvalue weighted by Gasteiger charge is -2.13. The van der Waals surface area contributed by atoms with Crippen molar-refractivity contribution in [1.29, 1.82) is 0 Å². The lowest BCUT2D eigenvalue weighted by molar-refractivity contribution is 1.18. The van der Waals surface area contributed by atoms with Gasteiger partial charge >= 0.3 is 0 Å². The van der Waals surface area contributed by atoms with E-state index in [9.17, 15) is 0 Å². The molecule has 0 aliphatic rings. The second-order valence-electron chi connectivity index (χ2n) is 10.3. The zero-order valence-electron chi connectivity index (χ0n) is 23.1. The average Bonchev–Trinajstić information content (AvgIpc) is 3.09. The van der Waals surface area contributed by atoms with E-state index in [-0.39, 0.29) is 0 Å². The summed E-state index contributed by atoms with van der Waals surface area (Å²) in [5.41, 5.74) is 12.2. The van der Waals surface area contributed by atoms with Gasteiger partial charge in [-0.3, -0.25) is 0 Å². The summed E-state index contributed by atoms with van der Waals surface area (Å²) >= 11 is 0. The summed E-state index contributed by atoms with van der Waals surface area (Å²) in [7, 11) is 0. The molecule has 0 aliphatic heterocycles. The van der Waals surface area contributed by atoms with E-state index in [1.165, 1.54) is 11.1 Å². The van der Waals surface area contributed by atoms with Gasteiger partial charge in [-0.05, 0) is 87.0 Å². The molecule has 0 radical (unpaired) electrons. The van der Waals surface area contributed by atoms with Crippen LogP contribution in [-0.2, 0) is 0 Å². The van der Waals surface area contributed by atoms with Crippen LogP contribution in [0, 0.1) is 0 Å². The third-order valence-electron chi connectivity index (χ3n) is 7.50. The molecule has 0 atom stereocenters. The molecule has 1 heterocycles. The van der Waals surface area contributed by atoms with Gasteiger partial charge in [0.2, 0.25) is 0 Å². The minimum Gasteiger partial charge on any atom is -0.237 e. The van der Waals surface area contributed by atoms with E-state index in [0.29, 0.717) is 5.82 Å². The Morgan fingerprint density at radius 1 is 0.286 bits per heavy atom. The zero-order valence-corrected chi connectivity index (χ0v) is 23.1. The predicted molar refractivity (Wildman–Crippen MR) is 175 cm³/mol. The third kappa shape index (κ3) is 5.39. The van der Waals surface area contributed by atoms with Crippen LogP contribution in [-0.4, -0.2) is 9.97 Å².